The van der Waals surface area contributed by atoms with Gasteiger partial charge in [0.05, 0.1) is 0 Å². The van der Waals surface area contributed by atoms with Crippen LogP contribution in [0.4, 0.5) is 9.59 Å². The van der Waals surface area contributed by atoms with Crippen molar-refractivity contribution in [3.05, 3.63) is 35.9 Å². The number of nitrogens with zero attached hydrogens (tertiary/aromatic N) is 2. The van der Waals surface area contributed by atoms with Gasteiger partial charge >= 0.3 is 47.6 Å². The third kappa shape index (κ3) is 4.57. The topological polar surface area (TPSA) is 148 Å². The summed E-state index contributed by atoms with van der Waals surface area (Å²) in [4.78, 5) is 64.2. The molecule has 0 bridgehead atoms. The van der Waals surface area contributed by atoms with E-state index in [0.717, 1.165) is 4.90 Å². The number of imide groups is 1. The van der Waals surface area contributed by atoms with Crippen LogP contribution >= 0.6 is 11.8 Å². The van der Waals surface area contributed by atoms with E-state index in [1.54, 1.807) is 44.2 Å². The summed E-state index contributed by atoms with van der Waals surface area (Å²) in [5, 5.41) is 16.8. The molecule has 3 aliphatic heterocycles. The van der Waals surface area contributed by atoms with Crippen LogP contribution in [0.5, 0.6) is 0 Å². The molecule has 33 heavy (non-hydrogen) atoms. The van der Waals surface area contributed by atoms with E-state index < -0.39 is 58.1 Å². The number of thioether (sulfide) groups is 1. The summed E-state index contributed by atoms with van der Waals surface area (Å²) in [6.45, 7) is 3.98. The van der Waals surface area contributed by atoms with Gasteiger partial charge in [0, 0.05) is 17.8 Å². The fourth-order valence-corrected chi connectivity index (χ4v) is 5.82. The van der Waals surface area contributed by atoms with Crippen molar-refractivity contribution in [3.8, 4) is 0 Å². The normalized spacial score (nSPS) is 25.8. The van der Waals surface area contributed by atoms with E-state index >= 15 is 0 Å². The van der Waals surface area contributed by atoms with Gasteiger partial charge < -0.3 is 26.0 Å². The van der Waals surface area contributed by atoms with Crippen LogP contribution < -0.4 is 16.0 Å². The second kappa shape index (κ2) is 9.53. The summed E-state index contributed by atoms with van der Waals surface area (Å²) in [5.41, 5.74) is 0.476. The Morgan fingerprint density at radius 2 is 1.88 bits per heavy atom. The van der Waals surface area contributed by atoms with Crippen LogP contribution in [0.3, 0.4) is 0 Å². The molecule has 0 aliphatic carbocycles. The van der Waals surface area contributed by atoms with E-state index in [2.05, 4.69) is 16.0 Å². The second-order valence-electron chi connectivity index (χ2n) is 8.26. The van der Waals surface area contributed by atoms with Crippen LogP contribution in [0.1, 0.15) is 25.5 Å². The molecule has 1 aromatic rings. The van der Waals surface area contributed by atoms with Crippen molar-refractivity contribution in [1.82, 2.24) is 25.8 Å². The van der Waals surface area contributed by atoms with Gasteiger partial charge in [-0.2, -0.15) is 0 Å². The molecule has 0 radical (unpaired) electrons. The van der Waals surface area contributed by atoms with E-state index in [-0.39, 0.29) is 36.1 Å². The number of carboxylic acids is 1. The maximum atomic E-state index is 13.1. The molecule has 0 saturated carbocycles. The standard InChI is InChI=1S/C20H23N5O6S.Na.H/c1-20(2)13(17(28)29)25-15(27)12(16(25)32-20)22-14(26)11(10-6-4-3-5-7-10)23-19(31)24-9-8-21-18(24)30;;/h3-7,11-13,16H,8-9H2,1-2H3,(H,21,30)(H,22,26)(H,23,31)(H,28,29);;/t11-,12-,13+,16-;;/m1../s1. The van der Waals surface area contributed by atoms with Crippen molar-refractivity contribution in [2.75, 3.05) is 13.1 Å². The zero-order valence-corrected chi connectivity index (χ0v) is 18.2. The molecule has 4 rings (SSSR count). The molecule has 13 heteroatoms. The monoisotopic (exact) mass is 485 g/mol. The third-order valence-electron chi connectivity index (χ3n) is 5.74. The number of β-lactam (4-membered cyclic amide) rings is 1. The first kappa shape index (κ1) is 25.3. The first-order chi connectivity index (χ1) is 15.1. The number of rotatable bonds is 5. The number of aliphatic carboxylic acids is 1. The van der Waals surface area contributed by atoms with E-state index in [0.29, 0.717) is 12.1 Å². The molecular weight excluding hydrogens is 461 g/mol. The summed E-state index contributed by atoms with van der Waals surface area (Å²) >= 11 is 1.31. The average Bonchev–Trinajstić information content (AvgIpc) is 3.29. The molecule has 0 aromatic heterocycles. The number of carbonyl (C=O) groups is 5. The number of carboxylic acid groups (broad SMARTS) is 1. The molecule has 4 atom stereocenters. The summed E-state index contributed by atoms with van der Waals surface area (Å²) in [6.07, 6.45) is 0. The number of fused-ring (bicyclic) bond motifs is 1. The quantitative estimate of drug-likeness (QED) is 0.323. The molecule has 3 saturated heterocycles. The van der Waals surface area contributed by atoms with Gasteiger partial charge in [-0.05, 0) is 19.4 Å². The van der Waals surface area contributed by atoms with Gasteiger partial charge in [-0.1, -0.05) is 30.3 Å². The Labute approximate surface area is 216 Å². The first-order valence-electron chi connectivity index (χ1n) is 10.1. The van der Waals surface area contributed by atoms with Gasteiger partial charge in [0.15, 0.2) is 0 Å². The Morgan fingerprint density at radius 3 is 2.45 bits per heavy atom. The molecular formula is C20H24N5NaO6S. The van der Waals surface area contributed by atoms with Crippen molar-refractivity contribution in [1.29, 1.82) is 0 Å². The average molecular weight is 485 g/mol. The van der Waals surface area contributed by atoms with Gasteiger partial charge in [0.25, 0.3) is 0 Å². The summed E-state index contributed by atoms with van der Waals surface area (Å²) in [6, 6.07) is 4.14. The van der Waals surface area contributed by atoms with E-state index in [1.807, 2.05) is 0 Å². The van der Waals surface area contributed by atoms with Crippen molar-refractivity contribution in [2.45, 2.75) is 42.1 Å². The molecule has 172 valence electrons. The Bertz CT molecular complexity index is 992. The first-order valence-corrected chi connectivity index (χ1v) is 10.9. The Hall–Kier alpha value is -2.28. The Morgan fingerprint density at radius 1 is 1.21 bits per heavy atom. The predicted octanol–water partition coefficient (Wildman–Crippen LogP) is -0.554. The van der Waals surface area contributed by atoms with Crippen molar-refractivity contribution in [3.63, 3.8) is 0 Å². The van der Waals surface area contributed by atoms with Gasteiger partial charge in [0.1, 0.15) is 23.5 Å². The van der Waals surface area contributed by atoms with Crippen molar-refractivity contribution in [2.24, 2.45) is 0 Å². The fraction of sp³-hybridized carbons (Fsp3) is 0.450. The molecule has 1 aromatic carbocycles. The number of hydrogen-bond acceptors (Lipinski definition) is 6. The van der Waals surface area contributed by atoms with Crippen LogP contribution in [-0.4, -0.2) is 110 Å². The summed E-state index contributed by atoms with van der Waals surface area (Å²) < 4.78 is -0.720. The molecule has 11 nitrogen and oxygen atoms in total. The molecule has 3 heterocycles. The zero-order chi connectivity index (χ0) is 23.2. The van der Waals surface area contributed by atoms with Gasteiger partial charge in [0.2, 0.25) is 11.8 Å². The van der Waals surface area contributed by atoms with Crippen LogP contribution in [0.2, 0.25) is 0 Å². The fourth-order valence-electron chi connectivity index (χ4n) is 4.19. The number of hydrogen-bond donors (Lipinski definition) is 4. The SMILES string of the molecule is CC1(C)S[C@@H]2[C@H](NC(=O)[C@H](NC(=O)N3CCNC3=O)c3ccccc3)C(=O)N2[C@H]1C(=O)O.[NaH]. The third-order valence-corrected chi connectivity index (χ3v) is 7.31. The molecule has 4 N–H and O–H groups in total. The number of carbonyl (C=O) groups excluding carboxylic acids is 4. The molecule has 3 aliphatic rings. The van der Waals surface area contributed by atoms with Gasteiger partial charge in [-0.25, -0.2) is 19.3 Å². The molecule has 0 spiro atoms. The van der Waals surface area contributed by atoms with E-state index in [9.17, 15) is 29.1 Å². The minimum atomic E-state index is -1.14. The zero-order valence-electron chi connectivity index (χ0n) is 17.4. The summed E-state index contributed by atoms with van der Waals surface area (Å²) in [7, 11) is 0. The number of amides is 6. The van der Waals surface area contributed by atoms with Gasteiger partial charge in [-0.15, -0.1) is 11.8 Å². The number of benzene rings is 1. The molecule has 3 fully saturated rings. The summed E-state index contributed by atoms with van der Waals surface area (Å²) in [5.74, 6) is -2.20. The van der Waals surface area contributed by atoms with Crippen LogP contribution in [0.25, 0.3) is 0 Å². The van der Waals surface area contributed by atoms with Gasteiger partial charge in [-0.3, -0.25) is 9.59 Å². The van der Waals surface area contributed by atoms with Crippen LogP contribution in [-0.2, 0) is 14.4 Å². The predicted molar refractivity (Wildman–Crippen MR) is 121 cm³/mol. The minimum absolute atomic E-state index is 0. The van der Waals surface area contributed by atoms with Crippen LogP contribution in [0.15, 0.2) is 30.3 Å². The number of urea groups is 2. The van der Waals surface area contributed by atoms with Crippen molar-refractivity contribution >= 4 is 71.2 Å². The molecule has 0 unspecified atom stereocenters. The molecule has 6 amide bonds. The van der Waals surface area contributed by atoms with Crippen LogP contribution in [0, 0.1) is 0 Å². The Balaban J connectivity index is 0.00000306. The Kier molecular flexibility index (Phi) is 7.32. The van der Waals surface area contributed by atoms with E-state index in [1.165, 1.54) is 16.7 Å². The number of nitrogens with one attached hydrogen (secondary N) is 3. The van der Waals surface area contributed by atoms with E-state index in [4.69, 9.17) is 0 Å². The second-order valence-corrected chi connectivity index (χ2v) is 10.0. The van der Waals surface area contributed by atoms with Crippen molar-refractivity contribution < 1.29 is 29.1 Å². The maximum absolute atomic E-state index is 13.1.